The van der Waals surface area contributed by atoms with Crippen molar-refractivity contribution in [3.05, 3.63) is 23.3 Å². The van der Waals surface area contributed by atoms with Crippen LogP contribution in [0.5, 0.6) is 11.5 Å². The van der Waals surface area contributed by atoms with Crippen molar-refractivity contribution < 1.29 is 23.8 Å². The largest absolute Gasteiger partial charge is 0.496 e. The zero-order valence-electron chi connectivity index (χ0n) is 14.8. The van der Waals surface area contributed by atoms with Crippen molar-refractivity contribution in [3.63, 3.8) is 0 Å². The van der Waals surface area contributed by atoms with Gasteiger partial charge in [0, 0.05) is 0 Å². The Morgan fingerprint density at radius 2 is 1.57 bits per heavy atom. The minimum atomic E-state index is -1.35. The summed E-state index contributed by atoms with van der Waals surface area (Å²) in [5.74, 6) is 0.903. The number of hydrogen-bond donors (Lipinski definition) is 1. The first-order valence-electron chi connectivity index (χ1n) is 7.27. The zero-order chi connectivity index (χ0) is 17.8. The SMILES string of the molecule is COc1cc(C)cc(OC)c1C(C)(C=O)NC(=O)OC(C)(C)C. The average Bonchev–Trinajstić information content (AvgIpc) is 2.43. The van der Waals surface area contributed by atoms with E-state index in [1.807, 2.05) is 6.92 Å². The molecular weight excluding hydrogens is 298 g/mol. The Morgan fingerprint density at radius 3 is 1.91 bits per heavy atom. The summed E-state index contributed by atoms with van der Waals surface area (Å²) in [6.45, 7) is 8.70. The predicted octanol–water partition coefficient (Wildman–Crippen LogP) is 2.95. The Kier molecular flexibility index (Phi) is 5.64. The molecule has 0 heterocycles. The molecule has 0 bridgehead atoms. The minimum Gasteiger partial charge on any atom is -0.496 e. The molecule has 23 heavy (non-hydrogen) atoms. The van der Waals surface area contributed by atoms with Crippen LogP contribution in [0.15, 0.2) is 12.1 Å². The van der Waals surface area contributed by atoms with E-state index in [1.54, 1.807) is 39.8 Å². The van der Waals surface area contributed by atoms with Crippen molar-refractivity contribution in [2.24, 2.45) is 0 Å². The van der Waals surface area contributed by atoms with Crippen molar-refractivity contribution in [3.8, 4) is 11.5 Å². The number of alkyl carbamates (subject to hydrolysis) is 1. The minimum absolute atomic E-state index is 0.439. The monoisotopic (exact) mass is 323 g/mol. The molecule has 0 aliphatic rings. The molecule has 0 saturated carbocycles. The number of ether oxygens (including phenoxy) is 3. The Bertz CT molecular complexity index is 566. The summed E-state index contributed by atoms with van der Waals surface area (Å²) in [4.78, 5) is 23.9. The van der Waals surface area contributed by atoms with Crippen LogP contribution in [0.1, 0.15) is 38.8 Å². The molecule has 0 aliphatic carbocycles. The van der Waals surface area contributed by atoms with E-state index in [0.717, 1.165) is 5.56 Å². The Balaban J connectivity index is 3.33. The van der Waals surface area contributed by atoms with Crippen LogP contribution >= 0.6 is 0 Å². The van der Waals surface area contributed by atoms with Crippen LogP contribution in [-0.2, 0) is 15.1 Å². The lowest BCUT2D eigenvalue weighted by molar-refractivity contribution is -0.113. The number of methoxy groups -OCH3 is 2. The lowest BCUT2D eigenvalue weighted by Crippen LogP contribution is -2.47. The van der Waals surface area contributed by atoms with E-state index in [9.17, 15) is 9.59 Å². The number of hydrogen-bond acceptors (Lipinski definition) is 5. The summed E-state index contributed by atoms with van der Waals surface area (Å²) in [6, 6.07) is 3.55. The van der Waals surface area contributed by atoms with Gasteiger partial charge in [-0.3, -0.25) is 0 Å². The summed E-state index contributed by atoms with van der Waals surface area (Å²) in [6.07, 6.45) is -0.0659. The fraction of sp³-hybridized carbons (Fsp3) is 0.529. The van der Waals surface area contributed by atoms with Crippen LogP contribution in [0.4, 0.5) is 4.79 Å². The first kappa shape index (κ1) is 18.8. The molecule has 1 aromatic rings. The number of benzene rings is 1. The molecule has 0 fully saturated rings. The second-order valence-electron chi connectivity index (χ2n) is 6.49. The lowest BCUT2D eigenvalue weighted by atomic mass is 9.90. The van der Waals surface area contributed by atoms with Crippen LogP contribution < -0.4 is 14.8 Å². The predicted molar refractivity (Wildman–Crippen MR) is 87.1 cm³/mol. The topological polar surface area (TPSA) is 73.9 Å². The second-order valence-corrected chi connectivity index (χ2v) is 6.49. The van der Waals surface area contributed by atoms with E-state index < -0.39 is 17.2 Å². The molecular formula is C17H25NO5. The highest BCUT2D eigenvalue weighted by atomic mass is 16.6. The quantitative estimate of drug-likeness (QED) is 0.843. The first-order chi connectivity index (χ1) is 10.6. The molecule has 1 rings (SSSR count). The third-order valence-electron chi connectivity index (χ3n) is 3.17. The highest BCUT2D eigenvalue weighted by molar-refractivity contribution is 5.80. The number of rotatable bonds is 5. The van der Waals surface area contributed by atoms with Gasteiger partial charge in [-0.25, -0.2) is 4.79 Å². The number of aldehydes is 1. The molecule has 1 unspecified atom stereocenters. The van der Waals surface area contributed by atoms with Gasteiger partial charge >= 0.3 is 6.09 Å². The van der Waals surface area contributed by atoms with Gasteiger partial charge in [0.15, 0.2) is 0 Å². The van der Waals surface area contributed by atoms with Crippen LogP contribution in [0.25, 0.3) is 0 Å². The maximum absolute atomic E-state index is 12.1. The standard InChI is InChI=1S/C17H25NO5/c1-11-8-12(21-6)14(13(9-11)22-7)17(5,10-19)18-15(20)23-16(2,3)4/h8-10H,1-7H3,(H,18,20). The molecule has 128 valence electrons. The van der Waals surface area contributed by atoms with Gasteiger partial charge in [-0.15, -0.1) is 0 Å². The van der Waals surface area contributed by atoms with Gasteiger partial charge in [0.05, 0.1) is 19.8 Å². The van der Waals surface area contributed by atoms with Gasteiger partial charge < -0.3 is 24.3 Å². The summed E-state index contributed by atoms with van der Waals surface area (Å²) in [7, 11) is 2.99. The van der Waals surface area contributed by atoms with Crippen molar-refractivity contribution in [1.29, 1.82) is 0 Å². The van der Waals surface area contributed by atoms with E-state index in [2.05, 4.69) is 5.32 Å². The Morgan fingerprint density at radius 1 is 1.09 bits per heavy atom. The number of aryl methyl sites for hydroxylation is 1. The third-order valence-corrected chi connectivity index (χ3v) is 3.17. The molecule has 6 heteroatoms. The molecule has 0 radical (unpaired) electrons. The van der Waals surface area contributed by atoms with Gasteiger partial charge in [0.2, 0.25) is 0 Å². The average molecular weight is 323 g/mol. The van der Waals surface area contributed by atoms with Crippen molar-refractivity contribution in [1.82, 2.24) is 5.32 Å². The van der Waals surface area contributed by atoms with Crippen LogP contribution in [0.3, 0.4) is 0 Å². The van der Waals surface area contributed by atoms with Crippen molar-refractivity contribution in [2.45, 2.75) is 45.8 Å². The zero-order valence-corrected chi connectivity index (χ0v) is 14.8. The van der Waals surface area contributed by atoms with Crippen LogP contribution in [0, 0.1) is 6.92 Å². The fourth-order valence-corrected chi connectivity index (χ4v) is 2.22. The summed E-state index contributed by atoms with van der Waals surface area (Å²) < 4.78 is 16.0. The van der Waals surface area contributed by atoms with E-state index in [4.69, 9.17) is 14.2 Å². The molecule has 1 aromatic carbocycles. The Hall–Kier alpha value is -2.24. The molecule has 1 atom stereocenters. The van der Waals surface area contributed by atoms with Gasteiger partial charge in [-0.05, 0) is 52.3 Å². The van der Waals surface area contributed by atoms with Crippen LogP contribution in [-0.4, -0.2) is 32.2 Å². The number of nitrogens with one attached hydrogen (secondary N) is 1. The number of carbonyl (C=O) groups excluding carboxylic acids is 2. The normalized spacial score (nSPS) is 13.7. The molecule has 0 aromatic heterocycles. The molecule has 1 amide bonds. The number of amides is 1. The van der Waals surface area contributed by atoms with E-state index in [-0.39, 0.29) is 0 Å². The fourth-order valence-electron chi connectivity index (χ4n) is 2.22. The second kappa shape index (κ2) is 6.89. The maximum Gasteiger partial charge on any atom is 0.408 e. The highest BCUT2D eigenvalue weighted by Gasteiger charge is 2.36. The summed E-state index contributed by atoms with van der Waals surface area (Å²) in [5.41, 5.74) is -0.677. The molecule has 0 aliphatic heterocycles. The van der Waals surface area contributed by atoms with Crippen LogP contribution in [0.2, 0.25) is 0 Å². The Labute approximate surface area is 137 Å². The summed E-state index contributed by atoms with van der Waals surface area (Å²) in [5, 5.41) is 2.60. The van der Waals surface area contributed by atoms with Gasteiger partial charge in [0.1, 0.15) is 28.9 Å². The van der Waals surface area contributed by atoms with Gasteiger partial charge in [-0.2, -0.15) is 0 Å². The maximum atomic E-state index is 12.1. The van der Waals surface area contributed by atoms with E-state index in [1.165, 1.54) is 14.2 Å². The number of carbonyl (C=O) groups is 2. The smallest absolute Gasteiger partial charge is 0.408 e. The van der Waals surface area contributed by atoms with E-state index >= 15 is 0 Å². The molecule has 0 spiro atoms. The molecule has 0 saturated heterocycles. The highest BCUT2D eigenvalue weighted by Crippen LogP contribution is 2.38. The molecule has 6 nitrogen and oxygen atoms in total. The van der Waals surface area contributed by atoms with Gasteiger partial charge in [-0.1, -0.05) is 0 Å². The van der Waals surface area contributed by atoms with Crippen molar-refractivity contribution >= 4 is 12.4 Å². The van der Waals surface area contributed by atoms with Gasteiger partial charge in [0.25, 0.3) is 0 Å². The lowest BCUT2D eigenvalue weighted by Gasteiger charge is -2.30. The first-order valence-corrected chi connectivity index (χ1v) is 7.27. The summed E-state index contributed by atoms with van der Waals surface area (Å²) >= 11 is 0. The molecule has 1 N–H and O–H groups in total. The van der Waals surface area contributed by atoms with Crippen molar-refractivity contribution in [2.75, 3.05) is 14.2 Å². The third kappa shape index (κ3) is 4.61. The van der Waals surface area contributed by atoms with E-state index in [0.29, 0.717) is 23.3 Å².